The number of hydrogen-bond donors (Lipinski definition) is 2. The third-order valence-electron chi connectivity index (χ3n) is 3.80. The minimum Gasteiger partial charge on any atom is -0.356 e. The summed E-state index contributed by atoms with van der Waals surface area (Å²) in [6.45, 7) is 0.452. The molecule has 0 radical (unpaired) electrons. The quantitative estimate of drug-likeness (QED) is 0.752. The Hall–Kier alpha value is -2.25. The first-order valence-electron chi connectivity index (χ1n) is 7.98. The summed E-state index contributed by atoms with van der Waals surface area (Å²) in [6, 6.07) is 12.8. The van der Waals surface area contributed by atoms with Crippen molar-refractivity contribution in [1.29, 1.82) is 0 Å². The van der Waals surface area contributed by atoms with Crippen molar-refractivity contribution in [3.05, 3.63) is 65.5 Å². The van der Waals surface area contributed by atoms with Crippen LogP contribution in [0.3, 0.4) is 0 Å². The van der Waals surface area contributed by atoms with E-state index in [1.165, 1.54) is 18.2 Å². The Balaban J connectivity index is 1.69. The van der Waals surface area contributed by atoms with E-state index in [4.69, 9.17) is 5.14 Å². The highest BCUT2D eigenvalue weighted by atomic mass is 32.2. The molecule has 1 amide bonds. The largest absolute Gasteiger partial charge is 0.356 e. The molecule has 0 unspecified atom stereocenters. The van der Waals surface area contributed by atoms with E-state index in [1.54, 1.807) is 30.3 Å². The number of carbonyl (C=O) groups is 1. The highest BCUT2D eigenvalue weighted by Gasteiger charge is 2.07. The second kappa shape index (κ2) is 8.73. The molecular formula is C18H21FN2O3S. The van der Waals surface area contributed by atoms with E-state index in [-0.39, 0.29) is 16.6 Å². The number of nitrogens with one attached hydrogen (secondary N) is 1. The maximum Gasteiger partial charge on any atom is 0.238 e. The highest BCUT2D eigenvalue weighted by molar-refractivity contribution is 7.89. The average molecular weight is 364 g/mol. The summed E-state index contributed by atoms with van der Waals surface area (Å²) in [7, 11) is -3.69. The molecule has 0 saturated heterocycles. The van der Waals surface area contributed by atoms with Crippen molar-refractivity contribution in [3.63, 3.8) is 0 Å². The molecule has 2 aromatic rings. The molecule has 25 heavy (non-hydrogen) atoms. The second-order valence-corrected chi connectivity index (χ2v) is 7.30. The Morgan fingerprint density at radius 2 is 1.72 bits per heavy atom. The summed E-state index contributed by atoms with van der Waals surface area (Å²) < 4.78 is 35.8. The van der Waals surface area contributed by atoms with Gasteiger partial charge in [-0.2, -0.15) is 0 Å². The van der Waals surface area contributed by atoms with Gasteiger partial charge in [0, 0.05) is 13.0 Å². The molecule has 0 atom stereocenters. The van der Waals surface area contributed by atoms with E-state index in [2.05, 4.69) is 5.32 Å². The topological polar surface area (TPSA) is 89.3 Å². The Bertz CT molecular complexity index is 820. The van der Waals surface area contributed by atoms with Crippen molar-refractivity contribution in [2.24, 2.45) is 5.14 Å². The first-order valence-corrected chi connectivity index (χ1v) is 9.53. The molecule has 7 heteroatoms. The lowest BCUT2D eigenvalue weighted by Gasteiger charge is -2.07. The zero-order valence-electron chi connectivity index (χ0n) is 13.7. The molecule has 2 rings (SSSR count). The van der Waals surface area contributed by atoms with Crippen molar-refractivity contribution in [1.82, 2.24) is 5.32 Å². The predicted octanol–water partition coefficient (Wildman–Crippen LogP) is 2.15. The zero-order valence-corrected chi connectivity index (χ0v) is 14.6. The van der Waals surface area contributed by atoms with Crippen LogP contribution in [0, 0.1) is 5.82 Å². The monoisotopic (exact) mass is 364 g/mol. The number of hydrogen-bond acceptors (Lipinski definition) is 3. The lowest BCUT2D eigenvalue weighted by Crippen LogP contribution is -2.25. The number of amides is 1. The number of carbonyl (C=O) groups excluding carboxylic acids is 1. The van der Waals surface area contributed by atoms with Crippen LogP contribution in [0.4, 0.5) is 4.39 Å². The maximum absolute atomic E-state index is 13.5. The summed E-state index contributed by atoms with van der Waals surface area (Å²) in [5.74, 6) is -0.330. The van der Waals surface area contributed by atoms with Gasteiger partial charge in [-0.1, -0.05) is 30.3 Å². The van der Waals surface area contributed by atoms with Gasteiger partial charge in [0.15, 0.2) is 0 Å². The molecule has 5 nitrogen and oxygen atoms in total. The van der Waals surface area contributed by atoms with Crippen LogP contribution in [0.25, 0.3) is 0 Å². The van der Waals surface area contributed by atoms with Crippen molar-refractivity contribution in [3.8, 4) is 0 Å². The van der Waals surface area contributed by atoms with E-state index < -0.39 is 10.0 Å². The fourth-order valence-corrected chi connectivity index (χ4v) is 2.94. The number of nitrogens with two attached hydrogens (primary N) is 1. The molecule has 0 aliphatic heterocycles. The molecule has 0 heterocycles. The first-order chi connectivity index (χ1) is 11.9. The second-order valence-electron chi connectivity index (χ2n) is 5.73. The van der Waals surface area contributed by atoms with Gasteiger partial charge in [0.1, 0.15) is 5.82 Å². The van der Waals surface area contributed by atoms with Gasteiger partial charge in [0.25, 0.3) is 0 Å². The standard InChI is InChI=1S/C18H21FN2O3S/c19-17-6-2-1-4-15(17)5-3-7-18(22)21-13-12-14-8-10-16(11-9-14)25(20,23)24/h1-2,4,6,8-11H,3,5,7,12-13H2,(H,21,22)(H2,20,23,24). The third kappa shape index (κ3) is 6.28. The zero-order chi connectivity index (χ0) is 18.3. The van der Waals surface area contributed by atoms with E-state index in [0.29, 0.717) is 37.8 Å². The number of aryl methyl sites for hydroxylation is 1. The van der Waals surface area contributed by atoms with Crippen LogP contribution in [-0.2, 0) is 27.7 Å². The lowest BCUT2D eigenvalue weighted by molar-refractivity contribution is -0.121. The smallest absolute Gasteiger partial charge is 0.238 e. The molecule has 0 spiro atoms. The Morgan fingerprint density at radius 3 is 2.36 bits per heavy atom. The van der Waals surface area contributed by atoms with Gasteiger partial charge < -0.3 is 5.32 Å². The molecule has 3 N–H and O–H groups in total. The summed E-state index contributed by atoms with van der Waals surface area (Å²) >= 11 is 0. The van der Waals surface area contributed by atoms with Gasteiger partial charge in [-0.25, -0.2) is 17.9 Å². The maximum atomic E-state index is 13.5. The number of sulfonamides is 1. The van der Waals surface area contributed by atoms with E-state index >= 15 is 0 Å². The Kier molecular flexibility index (Phi) is 6.66. The summed E-state index contributed by atoms with van der Waals surface area (Å²) in [5.41, 5.74) is 1.52. The minimum atomic E-state index is -3.69. The van der Waals surface area contributed by atoms with Gasteiger partial charge in [-0.3, -0.25) is 4.79 Å². The van der Waals surface area contributed by atoms with Crippen LogP contribution in [0.2, 0.25) is 0 Å². The molecule has 134 valence electrons. The predicted molar refractivity (Wildman–Crippen MR) is 93.9 cm³/mol. The van der Waals surface area contributed by atoms with Gasteiger partial charge in [0.05, 0.1) is 4.90 Å². The van der Waals surface area contributed by atoms with Crippen molar-refractivity contribution in [2.45, 2.75) is 30.6 Å². The van der Waals surface area contributed by atoms with Crippen LogP contribution < -0.4 is 10.5 Å². The summed E-state index contributed by atoms with van der Waals surface area (Å²) in [5, 5.41) is 7.84. The molecule has 0 saturated carbocycles. The van der Waals surface area contributed by atoms with Crippen molar-refractivity contribution >= 4 is 15.9 Å². The van der Waals surface area contributed by atoms with Crippen LogP contribution in [0.15, 0.2) is 53.4 Å². The SMILES string of the molecule is NS(=O)(=O)c1ccc(CCNC(=O)CCCc2ccccc2F)cc1. The van der Waals surface area contributed by atoms with Crippen LogP contribution in [-0.4, -0.2) is 20.9 Å². The van der Waals surface area contributed by atoms with Crippen LogP contribution in [0.1, 0.15) is 24.0 Å². The lowest BCUT2D eigenvalue weighted by atomic mass is 10.1. The fraction of sp³-hybridized carbons (Fsp3) is 0.278. The van der Waals surface area contributed by atoms with Crippen LogP contribution in [0.5, 0.6) is 0 Å². The molecule has 0 aliphatic carbocycles. The third-order valence-corrected chi connectivity index (χ3v) is 4.72. The van der Waals surface area contributed by atoms with Gasteiger partial charge in [-0.05, 0) is 48.6 Å². The Labute approximate surface area is 147 Å². The van der Waals surface area contributed by atoms with Gasteiger partial charge >= 0.3 is 0 Å². The molecule has 0 aliphatic rings. The number of primary sulfonamides is 1. The normalized spacial score (nSPS) is 11.3. The number of benzene rings is 2. The highest BCUT2D eigenvalue weighted by Crippen LogP contribution is 2.10. The molecule has 0 fully saturated rings. The fourth-order valence-electron chi connectivity index (χ4n) is 2.42. The van der Waals surface area contributed by atoms with E-state index in [1.807, 2.05) is 0 Å². The molecule has 0 bridgehead atoms. The molecular weight excluding hydrogens is 343 g/mol. The van der Waals surface area contributed by atoms with Crippen LogP contribution >= 0.6 is 0 Å². The molecule has 2 aromatic carbocycles. The minimum absolute atomic E-state index is 0.0634. The van der Waals surface area contributed by atoms with Crippen molar-refractivity contribution in [2.75, 3.05) is 6.54 Å². The summed E-state index contributed by atoms with van der Waals surface area (Å²) in [6.07, 6.45) is 2.02. The average Bonchev–Trinajstić information content (AvgIpc) is 2.56. The van der Waals surface area contributed by atoms with Crippen molar-refractivity contribution < 1.29 is 17.6 Å². The van der Waals surface area contributed by atoms with E-state index in [0.717, 1.165) is 5.56 Å². The van der Waals surface area contributed by atoms with Gasteiger partial charge in [0.2, 0.25) is 15.9 Å². The number of rotatable bonds is 8. The Morgan fingerprint density at radius 1 is 1.04 bits per heavy atom. The molecule has 0 aromatic heterocycles. The first kappa shape index (κ1) is 19.1. The summed E-state index contributed by atoms with van der Waals surface area (Å²) in [4.78, 5) is 11.9. The van der Waals surface area contributed by atoms with Gasteiger partial charge in [-0.15, -0.1) is 0 Å². The number of halogens is 1. The van der Waals surface area contributed by atoms with E-state index in [9.17, 15) is 17.6 Å².